The van der Waals surface area contributed by atoms with Crippen molar-refractivity contribution >= 4 is 5.91 Å². The smallest absolute Gasteiger partial charge is 0.274 e. The van der Waals surface area contributed by atoms with Gasteiger partial charge in [-0.3, -0.25) is 4.79 Å². The van der Waals surface area contributed by atoms with Gasteiger partial charge in [-0.25, -0.2) is 4.98 Å². The number of benzene rings is 1. The van der Waals surface area contributed by atoms with Crippen LogP contribution < -0.4 is 5.32 Å². The number of fused-ring (bicyclic) bond motifs is 1. The average molecular weight is 270 g/mol. The molecule has 102 valence electrons. The normalized spacial score (nSPS) is 20.4. The zero-order valence-corrected chi connectivity index (χ0v) is 10.7. The number of hydrogen-bond acceptors (Lipinski definition) is 4. The summed E-state index contributed by atoms with van der Waals surface area (Å²) in [7, 11) is 0. The highest BCUT2D eigenvalue weighted by molar-refractivity contribution is 5.95. The Labute approximate surface area is 115 Å². The molecular weight excluding hydrogens is 256 g/mol. The number of carbonyl (C=O) groups excluding carboxylic acids is 1. The standard InChI is InChI=1S/C15H14N2O3/c18-11-6-3-7-16-14(11)15(20)17-13-10-5-2-1-4-9(10)8-12(13)19/h1-7,12-13,18-19H,8H2,(H,17,20)/t12-,13+/m1/s1. The second-order valence-corrected chi connectivity index (χ2v) is 4.79. The van der Waals surface area contributed by atoms with Crippen LogP contribution in [0.15, 0.2) is 42.6 Å². The largest absolute Gasteiger partial charge is 0.505 e. The number of aromatic hydroxyl groups is 1. The highest BCUT2D eigenvalue weighted by Crippen LogP contribution is 2.31. The zero-order valence-electron chi connectivity index (χ0n) is 10.7. The van der Waals surface area contributed by atoms with Crippen LogP contribution in [0.25, 0.3) is 0 Å². The van der Waals surface area contributed by atoms with Gasteiger partial charge in [-0.2, -0.15) is 0 Å². The fraction of sp³-hybridized carbons (Fsp3) is 0.200. The third-order valence-corrected chi connectivity index (χ3v) is 3.49. The van der Waals surface area contributed by atoms with Crippen LogP contribution in [0, 0.1) is 0 Å². The molecule has 0 unspecified atom stereocenters. The second kappa shape index (κ2) is 4.94. The Morgan fingerprint density at radius 2 is 2.05 bits per heavy atom. The van der Waals surface area contributed by atoms with Gasteiger partial charge in [0.1, 0.15) is 5.75 Å². The fourth-order valence-electron chi connectivity index (χ4n) is 2.53. The summed E-state index contributed by atoms with van der Waals surface area (Å²) in [6.45, 7) is 0. The number of pyridine rings is 1. The highest BCUT2D eigenvalue weighted by Gasteiger charge is 2.32. The molecule has 1 aromatic heterocycles. The van der Waals surface area contributed by atoms with Crippen LogP contribution in [0.4, 0.5) is 0 Å². The van der Waals surface area contributed by atoms with Crippen molar-refractivity contribution in [1.29, 1.82) is 0 Å². The summed E-state index contributed by atoms with van der Waals surface area (Å²) in [5, 5.41) is 22.4. The van der Waals surface area contributed by atoms with Crippen LogP contribution in [0.3, 0.4) is 0 Å². The molecule has 20 heavy (non-hydrogen) atoms. The molecule has 0 bridgehead atoms. The van der Waals surface area contributed by atoms with Crippen LogP contribution in [-0.2, 0) is 6.42 Å². The number of aliphatic hydroxyl groups is 1. The lowest BCUT2D eigenvalue weighted by Crippen LogP contribution is -2.34. The number of hydrogen-bond donors (Lipinski definition) is 3. The van der Waals surface area contributed by atoms with E-state index in [9.17, 15) is 15.0 Å². The van der Waals surface area contributed by atoms with Crippen LogP contribution >= 0.6 is 0 Å². The van der Waals surface area contributed by atoms with E-state index in [1.54, 1.807) is 6.07 Å². The molecule has 0 saturated carbocycles. The molecular formula is C15H14N2O3. The molecule has 0 spiro atoms. The minimum Gasteiger partial charge on any atom is -0.505 e. The van der Waals surface area contributed by atoms with Gasteiger partial charge in [0, 0.05) is 12.6 Å². The summed E-state index contributed by atoms with van der Waals surface area (Å²) in [4.78, 5) is 16.0. The van der Waals surface area contributed by atoms with Crippen molar-refractivity contribution in [2.24, 2.45) is 0 Å². The minimum atomic E-state index is -0.665. The van der Waals surface area contributed by atoms with Gasteiger partial charge in [-0.1, -0.05) is 24.3 Å². The van der Waals surface area contributed by atoms with Crippen molar-refractivity contribution in [3.63, 3.8) is 0 Å². The predicted octanol–water partition coefficient (Wildman–Crippen LogP) is 1.18. The lowest BCUT2D eigenvalue weighted by atomic mass is 10.1. The SMILES string of the molecule is O=C(N[C@H]1c2ccccc2C[C@H]1O)c1ncccc1O. The molecule has 3 rings (SSSR count). The van der Waals surface area contributed by atoms with E-state index < -0.39 is 18.1 Å². The first-order chi connectivity index (χ1) is 9.66. The lowest BCUT2D eigenvalue weighted by molar-refractivity contribution is 0.0850. The molecule has 2 atom stereocenters. The van der Waals surface area contributed by atoms with Gasteiger partial charge in [0.15, 0.2) is 5.69 Å². The Balaban J connectivity index is 1.85. The minimum absolute atomic E-state index is 0.0379. The third-order valence-electron chi connectivity index (χ3n) is 3.49. The van der Waals surface area contributed by atoms with Gasteiger partial charge in [-0.15, -0.1) is 0 Å². The van der Waals surface area contributed by atoms with Gasteiger partial charge in [-0.05, 0) is 23.3 Å². The quantitative estimate of drug-likeness (QED) is 0.765. The van der Waals surface area contributed by atoms with Crippen LogP contribution in [0.2, 0.25) is 0 Å². The summed E-state index contributed by atoms with van der Waals surface area (Å²) < 4.78 is 0. The summed E-state index contributed by atoms with van der Waals surface area (Å²) >= 11 is 0. The molecule has 1 aromatic carbocycles. The number of rotatable bonds is 2. The Kier molecular flexibility index (Phi) is 3.12. The summed E-state index contributed by atoms with van der Waals surface area (Å²) in [6, 6.07) is 10.1. The topological polar surface area (TPSA) is 82.5 Å². The summed E-state index contributed by atoms with van der Waals surface area (Å²) in [5.41, 5.74) is 1.89. The number of amides is 1. The first-order valence-electron chi connectivity index (χ1n) is 6.37. The van der Waals surface area contributed by atoms with Crippen molar-refractivity contribution in [2.45, 2.75) is 18.6 Å². The number of aromatic nitrogens is 1. The molecule has 0 fully saturated rings. The van der Waals surface area contributed by atoms with Crippen molar-refractivity contribution in [2.75, 3.05) is 0 Å². The number of nitrogens with one attached hydrogen (secondary N) is 1. The predicted molar refractivity (Wildman–Crippen MR) is 72.3 cm³/mol. The van der Waals surface area contributed by atoms with Gasteiger partial charge < -0.3 is 15.5 Å². The molecule has 0 saturated heterocycles. The van der Waals surface area contributed by atoms with E-state index in [2.05, 4.69) is 10.3 Å². The number of carbonyl (C=O) groups is 1. The Bertz CT molecular complexity index is 657. The third kappa shape index (κ3) is 2.12. The van der Waals surface area contributed by atoms with Crippen molar-refractivity contribution in [3.8, 4) is 5.75 Å². The molecule has 1 aliphatic carbocycles. The van der Waals surface area contributed by atoms with Gasteiger partial charge in [0.2, 0.25) is 0 Å². The van der Waals surface area contributed by atoms with E-state index in [0.717, 1.165) is 11.1 Å². The van der Waals surface area contributed by atoms with E-state index in [1.165, 1.54) is 12.3 Å². The summed E-state index contributed by atoms with van der Waals surface area (Å²) in [5.74, 6) is -0.672. The van der Waals surface area contributed by atoms with Crippen molar-refractivity contribution in [1.82, 2.24) is 10.3 Å². The fourth-order valence-corrected chi connectivity index (χ4v) is 2.53. The molecule has 0 aliphatic heterocycles. The molecule has 1 heterocycles. The first kappa shape index (κ1) is 12.6. The second-order valence-electron chi connectivity index (χ2n) is 4.79. The zero-order chi connectivity index (χ0) is 14.1. The van der Waals surface area contributed by atoms with Gasteiger partial charge in [0.05, 0.1) is 12.1 Å². The Morgan fingerprint density at radius 3 is 2.85 bits per heavy atom. The maximum atomic E-state index is 12.1. The molecule has 0 radical (unpaired) electrons. The average Bonchev–Trinajstić information content (AvgIpc) is 2.76. The van der Waals surface area contributed by atoms with E-state index >= 15 is 0 Å². The van der Waals surface area contributed by atoms with Gasteiger partial charge >= 0.3 is 0 Å². The lowest BCUT2D eigenvalue weighted by Gasteiger charge is -2.17. The molecule has 5 heteroatoms. The molecule has 1 aliphatic rings. The van der Waals surface area contributed by atoms with E-state index in [-0.39, 0.29) is 11.4 Å². The summed E-state index contributed by atoms with van der Waals surface area (Å²) in [6.07, 6.45) is 1.28. The van der Waals surface area contributed by atoms with E-state index in [1.807, 2.05) is 24.3 Å². The van der Waals surface area contributed by atoms with Crippen molar-refractivity contribution < 1.29 is 15.0 Å². The maximum Gasteiger partial charge on any atom is 0.274 e. The van der Waals surface area contributed by atoms with E-state index in [4.69, 9.17) is 0 Å². The van der Waals surface area contributed by atoms with Crippen molar-refractivity contribution in [3.05, 3.63) is 59.4 Å². The molecule has 1 amide bonds. The first-order valence-corrected chi connectivity index (χ1v) is 6.37. The number of nitrogens with zero attached hydrogens (tertiary/aromatic N) is 1. The molecule has 5 nitrogen and oxygen atoms in total. The molecule has 3 N–H and O–H groups in total. The highest BCUT2D eigenvalue weighted by atomic mass is 16.3. The monoisotopic (exact) mass is 270 g/mol. The van der Waals surface area contributed by atoms with Crippen LogP contribution in [-0.4, -0.2) is 27.2 Å². The Morgan fingerprint density at radius 1 is 1.25 bits per heavy atom. The maximum absolute atomic E-state index is 12.1. The molecule has 2 aromatic rings. The van der Waals surface area contributed by atoms with Crippen LogP contribution in [0.5, 0.6) is 5.75 Å². The van der Waals surface area contributed by atoms with Gasteiger partial charge in [0.25, 0.3) is 5.91 Å². The van der Waals surface area contributed by atoms with Crippen LogP contribution in [0.1, 0.15) is 27.7 Å². The van der Waals surface area contributed by atoms with E-state index in [0.29, 0.717) is 6.42 Å². The number of aliphatic hydroxyl groups excluding tert-OH is 1. The Hall–Kier alpha value is -2.40.